The summed E-state index contributed by atoms with van der Waals surface area (Å²) < 4.78 is 1.65. The van der Waals surface area contributed by atoms with E-state index in [1.165, 1.54) is 0 Å². The molecule has 0 aliphatic rings. The number of nitrogens with one attached hydrogen (secondary N) is 1. The molecular weight excluding hydrogens is 312 g/mol. The quantitative estimate of drug-likeness (QED) is 0.796. The summed E-state index contributed by atoms with van der Waals surface area (Å²) in [6.07, 6.45) is 2.54. The molecule has 0 atom stereocenters. The molecule has 25 heavy (non-hydrogen) atoms. The third-order valence-corrected chi connectivity index (χ3v) is 4.28. The number of hydrogen-bond acceptors (Lipinski definition) is 3. The molecule has 3 aromatic rings. The number of aromatic nitrogens is 3. The van der Waals surface area contributed by atoms with Crippen LogP contribution in [0.25, 0.3) is 10.9 Å². The van der Waals surface area contributed by atoms with Gasteiger partial charge in [-0.3, -0.25) is 14.5 Å². The Hall–Kier alpha value is -2.69. The van der Waals surface area contributed by atoms with Crippen LogP contribution in [0, 0.1) is 0 Å². The number of carbonyl (C=O) groups is 1. The van der Waals surface area contributed by atoms with Crippen molar-refractivity contribution in [2.75, 3.05) is 6.54 Å². The SMILES string of the molecule is Cn1nc(C(C)(C)C)cc1C(=O)NCCc1cccc2cccnc12. The number of rotatable bonds is 4. The lowest BCUT2D eigenvalue weighted by molar-refractivity contribution is 0.0945. The number of para-hydroxylation sites is 1. The largest absolute Gasteiger partial charge is 0.350 e. The molecular formula is C20H24N4O. The first kappa shape index (κ1) is 17.1. The maximum Gasteiger partial charge on any atom is 0.269 e. The van der Waals surface area contributed by atoms with Gasteiger partial charge in [0.25, 0.3) is 5.91 Å². The Labute approximate surface area is 148 Å². The summed E-state index contributed by atoms with van der Waals surface area (Å²) in [7, 11) is 1.80. The lowest BCUT2D eigenvalue weighted by Crippen LogP contribution is -2.27. The third-order valence-electron chi connectivity index (χ3n) is 4.28. The van der Waals surface area contributed by atoms with Gasteiger partial charge in [-0.1, -0.05) is 45.0 Å². The van der Waals surface area contributed by atoms with Crippen LogP contribution in [0.2, 0.25) is 0 Å². The lowest BCUT2D eigenvalue weighted by atomic mass is 9.92. The van der Waals surface area contributed by atoms with Crippen LogP contribution in [0.15, 0.2) is 42.6 Å². The van der Waals surface area contributed by atoms with Crippen molar-refractivity contribution in [3.63, 3.8) is 0 Å². The second-order valence-electron chi connectivity index (χ2n) is 7.29. The zero-order valence-electron chi connectivity index (χ0n) is 15.2. The molecule has 0 radical (unpaired) electrons. The maximum atomic E-state index is 12.5. The minimum absolute atomic E-state index is 0.0785. The second kappa shape index (κ2) is 6.67. The van der Waals surface area contributed by atoms with E-state index in [-0.39, 0.29) is 11.3 Å². The highest BCUT2D eigenvalue weighted by atomic mass is 16.2. The maximum absolute atomic E-state index is 12.5. The fraction of sp³-hybridized carbons (Fsp3) is 0.350. The normalized spacial score (nSPS) is 11.7. The van der Waals surface area contributed by atoms with E-state index in [2.05, 4.69) is 42.2 Å². The molecule has 2 heterocycles. The Morgan fingerprint density at radius 3 is 2.68 bits per heavy atom. The van der Waals surface area contributed by atoms with Crippen molar-refractivity contribution < 1.29 is 4.79 Å². The summed E-state index contributed by atoms with van der Waals surface area (Å²) in [4.78, 5) is 16.9. The zero-order valence-corrected chi connectivity index (χ0v) is 15.2. The number of pyridine rings is 1. The minimum atomic E-state index is -0.0984. The summed E-state index contributed by atoms with van der Waals surface area (Å²) in [5.41, 5.74) is 3.55. The van der Waals surface area contributed by atoms with Gasteiger partial charge in [0, 0.05) is 30.6 Å². The van der Waals surface area contributed by atoms with Gasteiger partial charge in [-0.2, -0.15) is 5.10 Å². The van der Waals surface area contributed by atoms with E-state index >= 15 is 0 Å². The number of fused-ring (bicyclic) bond motifs is 1. The van der Waals surface area contributed by atoms with E-state index < -0.39 is 0 Å². The van der Waals surface area contributed by atoms with Gasteiger partial charge in [0.1, 0.15) is 5.69 Å². The molecule has 0 aliphatic heterocycles. The third kappa shape index (κ3) is 3.71. The number of hydrogen-bond donors (Lipinski definition) is 1. The van der Waals surface area contributed by atoms with E-state index in [0.717, 1.165) is 28.6 Å². The highest BCUT2D eigenvalue weighted by molar-refractivity contribution is 5.92. The molecule has 0 spiro atoms. The van der Waals surface area contributed by atoms with Gasteiger partial charge in [0.15, 0.2) is 0 Å². The predicted octanol–water partition coefficient (Wildman–Crippen LogP) is 3.24. The first-order chi connectivity index (χ1) is 11.9. The molecule has 3 rings (SSSR count). The van der Waals surface area contributed by atoms with Crippen molar-refractivity contribution >= 4 is 16.8 Å². The molecule has 0 saturated heterocycles. The van der Waals surface area contributed by atoms with Crippen LogP contribution in [-0.2, 0) is 18.9 Å². The number of benzene rings is 1. The van der Waals surface area contributed by atoms with Gasteiger partial charge in [-0.05, 0) is 24.1 Å². The molecule has 5 nitrogen and oxygen atoms in total. The van der Waals surface area contributed by atoms with E-state index in [0.29, 0.717) is 12.2 Å². The number of amides is 1. The van der Waals surface area contributed by atoms with Crippen LogP contribution < -0.4 is 5.32 Å². The van der Waals surface area contributed by atoms with Gasteiger partial charge in [0.2, 0.25) is 0 Å². The molecule has 1 aromatic carbocycles. The van der Waals surface area contributed by atoms with Crippen LogP contribution in [0.4, 0.5) is 0 Å². The van der Waals surface area contributed by atoms with Crippen LogP contribution in [0.1, 0.15) is 42.5 Å². The summed E-state index contributed by atoms with van der Waals surface area (Å²) in [5.74, 6) is -0.0984. The average Bonchev–Trinajstić information content (AvgIpc) is 2.97. The van der Waals surface area contributed by atoms with E-state index in [9.17, 15) is 4.79 Å². The smallest absolute Gasteiger partial charge is 0.269 e. The minimum Gasteiger partial charge on any atom is -0.350 e. The molecule has 0 saturated carbocycles. The number of aryl methyl sites for hydroxylation is 1. The van der Waals surface area contributed by atoms with E-state index in [1.54, 1.807) is 17.9 Å². The summed E-state index contributed by atoms with van der Waals surface area (Å²) in [5, 5.41) is 8.56. The molecule has 1 N–H and O–H groups in total. The van der Waals surface area contributed by atoms with Gasteiger partial charge in [-0.15, -0.1) is 0 Å². The van der Waals surface area contributed by atoms with Crippen LogP contribution in [-0.4, -0.2) is 27.2 Å². The van der Waals surface area contributed by atoms with Gasteiger partial charge in [-0.25, -0.2) is 0 Å². The molecule has 1 amide bonds. The molecule has 0 fully saturated rings. The summed E-state index contributed by atoms with van der Waals surface area (Å²) in [6.45, 7) is 6.82. The predicted molar refractivity (Wildman–Crippen MR) is 99.7 cm³/mol. The number of carbonyl (C=O) groups excluding carboxylic acids is 1. The first-order valence-corrected chi connectivity index (χ1v) is 8.51. The van der Waals surface area contributed by atoms with Crippen LogP contribution >= 0.6 is 0 Å². The fourth-order valence-corrected chi connectivity index (χ4v) is 2.82. The van der Waals surface area contributed by atoms with Crippen molar-refractivity contribution in [2.45, 2.75) is 32.6 Å². The van der Waals surface area contributed by atoms with Crippen molar-refractivity contribution in [1.82, 2.24) is 20.1 Å². The van der Waals surface area contributed by atoms with Crippen LogP contribution in [0.5, 0.6) is 0 Å². The Morgan fingerprint density at radius 2 is 1.96 bits per heavy atom. The molecule has 0 bridgehead atoms. The van der Waals surface area contributed by atoms with Crippen molar-refractivity contribution in [2.24, 2.45) is 7.05 Å². The lowest BCUT2D eigenvalue weighted by Gasteiger charge is -2.13. The second-order valence-corrected chi connectivity index (χ2v) is 7.29. The van der Waals surface area contributed by atoms with E-state index in [1.807, 2.05) is 30.3 Å². The zero-order chi connectivity index (χ0) is 18.0. The average molecular weight is 336 g/mol. The van der Waals surface area contributed by atoms with E-state index in [4.69, 9.17) is 0 Å². The standard InChI is InChI=1S/C20H24N4O/c1-20(2,3)17-13-16(24(4)23-17)19(25)22-12-10-15-8-5-7-14-9-6-11-21-18(14)15/h5-9,11,13H,10,12H2,1-4H3,(H,22,25). The highest BCUT2D eigenvalue weighted by Crippen LogP contribution is 2.21. The monoisotopic (exact) mass is 336 g/mol. The topological polar surface area (TPSA) is 59.8 Å². The Balaban J connectivity index is 1.68. The Bertz CT molecular complexity index is 900. The van der Waals surface area contributed by atoms with Gasteiger partial charge < -0.3 is 5.32 Å². The molecule has 130 valence electrons. The Kier molecular flexibility index (Phi) is 4.57. The highest BCUT2D eigenvalue weighted by Gasteiger charge is 2.21. The summed E-state index contributed by atoms with van der Waals surface area (Å²) in [6, 6.07) is 12.0. The Morgan fingerprint density at radius 1 is 1.20 bits per heavy atom. The molecule has 0 unspecified atom stereocenters. The molecule has 2 aromatic heterocycles. The van der Waals surface area contributed by atoms with Crippen LogP contribution in [0.3, 0.4) is 0 Å². The van der Waals surface area contributed by atoms with Gasteiger partial charge in [0.05, 0.1) is 11.2 Å². The van der Waals surface area contributed by atoms with Crippen molar-refractivity contribution in [3.8, 4) is 0 Å². The molecule has 5 heteroatoms. The first-order valence-electron chi connectivity index (χ1n) is 8.51. The van der Waals surface area contributed by atoms with Crippen molar-refractivity contribution in [3.05, 3.63) is 59.5 Å². The molecule has 0 aliphatic carbocycles. The number of nitrogens with zero attached hydrogens (tertiary/aromatic N) is 3. The fourth-order valence-electron chi connectivity index (χ4n) is 2.82. The van der Waals surface area contributed by atoms with Gasteiger partial charge >= 0.3 is 0 Å². The van der Waals surface area contributed by atoms with Crippen molar-refractivity contribution in [1.29, 1.82) is 0 Å². The summed E-state index contributed by atoms with van der Waals surface area (Å²) >= 11 is 0.